The zero-order valence-corrected chi connectivity index (χ0v) is 21.4. The number of hydrogen-bond acceptors (Lipinski definition) is 4. The first-order valence-corrected chi connectivity index (χ1v) is 12.4. The maximum atomic E-state index is 6.32. The smallest absolute Gasteiger partial charge is 0.211 e. The number of halogens is 4. The number of ether oxygens (including phenoxy) is 1. The van der Waals surface area contributed by atoms with Crippen LogP contribution >= 0.6 is 57.7 Å². The van der Waals surface area contributed by atoms with Gasteiger partial charge < -0.3 is 4.74 Å². The highest BCUT2D eigenvalue weighted by Crippen LogP contribution is 2.35. The summed E-state index contributed by atoms with van der Waals surface area (Å²) in [5, 5.41) is 9.44. The highest BCUT2D eigenvalue weighted by Gasteiger charge is 2.18. The van der Waals surface area contributed by atoms with Gasteiger partial charge in [0.05, 0.1) is 44.3 Å². The molecule has 0 atom stereocenters. The van der Waals surface area contributed by atoms with Crippen molar-refractivity contribution in [3.63, 3.8) is 0 Å². The van der Waals surface area contributed by atoms with Crippen molar-refractivity contribution in [3.8, 4) is 44.7 Å². The Morgan fingerprint density at radius 3 is 1.97 bits per heavy atom. The fraction of sp³-hybridized carbons (Fsp3) is 0.0400. The minimum Gasteiger partial charge on any atom is -0.497 e. The zero-order chi connectivity index (χ0) is 23.8. The van der Waals surface area contributed by atoms with E-state index in [0.29, 0.717) is 25.2 Å². The molecule has 170 valence electrons. The number of thiazole rings is 1. The number of benzene rings is 3. The Morgan fingerprint density at radius 2 is 1.32 bits per heavy atom. The molecule has 5 rings (SSSR count). The maximum absolute atomic E-state index is 6.32. The molecular formula is C25H15Cl4N3OS. The number of rotatable bonds is 5. The van der Waals surface area contributed by atoms with Crippen molar-refractivity contribution in [1.82, 2.24) is 14.8 Å². The van der Waals surface area contributed by atoms with Crippen molar-refractivity contribution in [2.24, 2.45) is 0 Å². The summed E-state index contributed by atoms with van der Waals surface area (Å²) in [5.74, 6) is 0.791. The summed E-state index contributed by atoms with van der Waals surface area (Å²) in [6.07, 6.45) is 0. The maximum Gasteiger partial charge on any atom is 0.211 e. The molecule has 0 aliphatic carbocycles. The molecule has 0 unspecified atom stereocenters. The molecule has 0 saturated carbocycles. The lowest BCUT2D eigenvalue weighted by Crippen LogP contribution is -1.99. The minimum atomic E-state index is 0.459. The number of nitrogens with zero attached hydrogens (tertiary/aromatic N) is 3. The summed E-state index contributed by atoms with van der Waals surface area (Å²) < 4.78 is 7.05. The highest BCUT2D eigenvalue weighted by molar-refractivity contribution is 7.12. The molecule has 0 spiro atoms. The van der Waals surface area contributed by atoms with E-state index in [1.165, 1.54) is 11.3 Å². The molecule has 2 aromatic heterocycles. The normalized spacial score (nSPS) is 11.1. The summed E-state index contributed by atoms with van der Waals surface area (Å²) in [6.45, 7) is 0. The van der Waals surface area contributed by atoms with Crippen LogP contribution in [0.3, 0.4) is 0 Å². The van der Waals surface area contributed by atoms with Crippen LogP contribution in [0.1, 0.15) is 0 Å². The van der Waals surface area contributed by atoms with E-state index in [1.807, 2.05) is 53.9 Å². The largest absolute Gasteiger partial charge is 0.497 e. The molecule has 2 heterocycles. The number of methoxy groups -OCH3 is 1. The molecule has 0 saturated heterocycles. The van der Waals surface area contributed by atoms with Gasteiger partial charge >= 0.3 is 0 Å². The second-order valence-electron chi connectivity index (χ2n) is 7.33. The van der Waals surface area contributed by atoms with E-state index in [9.17, 15) is 0 Å². The molecule has 0 radical (unpaired) electrons. The third-order valence-electron chi connectivity index (χ3n) is 5.20. The lowest BCUT2D eigenvalue weighted by atomic mass is 10.1. The van der Waals surface area contributed by atoms with E-state index in [2.05, 4.69) is 0 Å². The van der Waals surface area contributed by atoms with Crippen LogP contribution in [0.25, 0.3) is 38.9 Å². The van der Waals surface area contributed by atoms with E-state index in [-0.39, 0.29) is 0 Å². The van der Waals surface area contributed by atoms with Crippen molar-refractivity contribution in [2.45, 2.75) is 0 Å². The summed E-state index contributed by atoms with van der Waals surface area (Å²) in [4.78, 5) is 4.84. The molecule has 0 aliphatic rings. The van der Waals surface area contributed by atoms with Gasteiger partial charge in [0.25, 0.3) is 0 Å². The molecule has 0 amide bonds. The monoisotopic (exact) mass is 545 g/mol. The van der Waals surface area contributed by atoms with Gasteiger partial charge in [-0.05, 0) is 54.6 Å². The Labute approximate surface area is 220 Å². The van der Waals surface area contributed by atoms with Crippen LogP contribution < -0.4 is 4.74 Å². The van der Waals surface area contributed by atoms with Crippen molar-refractivity contribution < 1.29 is 4.74 Å². The van der Waals surface area contributed by atoms with Crippen LogP contribution in [0.4, 0.5) is 0 Å². The topological polar surface area (TPSA) is 39.9 Å². The third kappa shape index (κ3) is 4.54. The molecule has 9 heteroatoms. The van der Waals surface area contributed by atoms with Crippen LogP contribution in [0, 0.1) is 0 Å². The van der Waals surface area contributed by atoms with Gasteiger partial charge in [0.15, 0.2) is 0 Å². The highest BCUT2D eigenvalue weighted by atomic mass is 35.5. The summed E-state index contributed by atoms with van der Waals surface area (Å²) in [6, 6.07) is 20.6. The average molecular weight is 547 g/mol. The summed E-state index contributed by atoms with van der Waals surface area (Å²) >= 11 is 26.3. The minimum absolute atomic E-state index is 0.459. The fourth-order valence-corrected chi connectivity index (χ4v) is 4.83. The molecular weight excluding hydrogens is 532 g/mol. The van der Waals surface area contributed by atoms with Gasteiger partial charge in [0.2, 0.25) is 5.13 Å². The van der Waals surface area contributed by atoms with Gasteiger partial charge in [-0.1, -0.05) is 58.5 Å². The molecule has 34 heavy (non-hydrogen) atoms. The second kappa shape index (κ2) is 9.61. The second-order valence-corrected chi connectivity index (χ2v) is 9.79. The predicted molar refractivity (Wildman–Crippen MR) is 142 cm³/mol. The van der Waals surface area contributed by atoms with Crippen LogP contribution in [-0.2, 0) is 0 Å². The molecule has 3 aromatic carbocycles. The number of aromatic nitrogens is 3. The van der Waals surface area contributed by atoms with E-state index >= 15 is 0 Å². The van der Waals surface area contributed by atoms with Crippen LogP contribution in [0.5, 0.6) is 5.75 Å². The van der Waals surface area contributed by atoms with Crippen molar-refractivity contribution in [3.05, 3.63) is 92.2 Å². The first kappa shape index (κ1) is 23.2. The van der Waals surface area contributed by atoms with Gasteiger partial charge in [-0.15, -0.1) is 11.3 Å². The SMILES string of the molecule is COc1ccc(-c2csc(-n3nc(-c4ccc(Cl)c(Cl)c4)cc3-c3ccc(Cl)c(Cl)c3)n2)cc1. The van der Waals surface area contributed by atoms with Gasteiger partial charge in [-0.3, -0.25) is 0 Å². The average Bonchev–Trinajstić information content (AvgIpc) is 3.50. The van der Waals surface area contributed by atoms with E-state index < -0.39 is 0 Å². The Morgan fingerprint density at radius 1 is 0.706 bits per heavy atom. The predicted octanol–water partition coefficient (Wildman–Crippen LogP) is 8.95. The van der Waals surface area contributed by atoms with E-state index in [0.717, 1.165) is 39.5 Å². The Kier molecular flexibility index (Phi) is 6.56. The molecule has 0 fully saturated rings. The van der Waals surface area contributed by atoms with Crippen LogP contribution in [-0.4, -0.2) is 21.9 Å². The zero-order valence-electron chi connectivity index (χ0n) is 17.6. The van der Waals surface area contributed by atoms with Gasteiger partial charge in [-0.2, -0.15) is 5.10 Å². The first-order chi connectivity index (χ1) is 16.4. The first-order valence-electron chi connectivity index (χ1n) is 10.0. The Bertz CT molecular complexity index is 1490. The third-order valence-corrected chi connectivity index (χ3v) is 7.49. The van der Waals surface area contributed by atoms with Gasteiger partial charge in [0, 0.05) is 22.1 Å². The van der Waals surface area contributed by atoms with Gasteiger partial charge in [0.1, 0.15) is 5.75 Å². The lowest BCUT2D eigenvalue weighted by Gasteiger charge is -2.05. The van der Waals surface area contributed by atoms with Crippen molar-refractivity contribution >= 4 is 57.7 Å². The molecule has 0 bridgehead atoms. The van der Waals surface area contributed by atoms with Crippen molar-refractivity contribution in [1.29, 1.82) is 0 Å². The van der Waals surface area contributed by atoms with E-state index in [4.69, 9.17) is 61.2 Å². The lowest BCUT2D eigenvalue weighted by molar-refractivity contribution is 0.415. The summed E-state index contributed by atoms with van der Waals surface area (Å²) in [7, 11) is 1.64. The molecule has 0 N–H and O–H groups in total. The standard InChI is InChI=1S/C25H15Cl4N3OS/c1-33-17-6-2-14(3-7-17)23-13-34-25(30-23)32-24(16-5-9-19(27)21(29)11-16)12-22(31-32)15-4-8-18(26)20(28)10-15/h2-13H,1H3. The molecule has 0 aliphatic heterocycles. The molecule has 5 aromatic rings. The van der Waals surface area contributed by atoms with Gasteiger partial charge in [-0.25, -0.2) is 9.67 Å². The van der Waals surface area contributed by atoms with Crippen LogP contribution in [0.15, 0.2) is 72.1 Å². The summed E-state index contributed by atoms with van der Waals surface area (Å²) in [5.41, 5.74) is 5.05. The van der Waals surface area contributed by atoms with Crippen molar-refractivity contribution in [2.75, 3.05) is 7.11 Å². The number of hydrogen-bond donors (Lipinski definition) is 0. The Balaban J connectivity index is 1.63. The Hall–Kier alpha value is -2.54. The fourth-order valence-electron chi connectivity index (χ4n) is 3.44. The van der Waals surface area contributed by atoms with Crippen LogP contribution in [0.2, 0.25) is 20.1 Å². The molecule has 4 nitrogen and oxygen atoms in total. The quantitative estimate of drug-likeness (QED) is 0.221. The van der Waals surface area contributed by atoms with E-state index in [1.54, 1.807) is 30.0 Å².